The quantitative estimate of drug-likeness (QED) is 0.296. The SMILES string of the molecule is CCCCCCCCOc1nc(NN)ccc1[N+](=O)[O-]. The zero-order valence-electron chi connectivity index (χ0n) is 11.8. The Bertz CT molecular complexity index is 426. The molecule has 0 saturated heterocycles. The molecule has 0 unspecified atom stereocenters. The molecule has 3 N–H and O–H groups in total. The van der Waals surface area contributed by atoms with E-state index in [1.807, 2.05) is 0 Å². The zero-order chi connectivity index (χ0) is 14.8. The molecule has 7 nitrogen and oxygen atoms in total. The summed E-state index contributed by atoms with van der Waals surface area (Å²) in [5, 5.41) is 10.9. The number of nitrogen functional groups attached to an aromatic ring is 1. The Kier molecular flexibility index (Phi) is 7.34. The predicted molar refractivity (Wildman–Crippen MR) is 77.6 cm³/mol. The third kappa shape index (κ3) is 5.40. The van der Waals surface area contributed by atoms with Gasteiger partial charge >= 0.3 is 5.69 Å². The summed E-state index contributed by atoms with van der Waals surface area (Å²) in [4.78, 5) is 14.3. The van der Waals surface area contributed by atoms with E-state index in [2.05, 4.69) is 17.3 Å². The van der Waals surface area contributed by atoms with E-state index >= 15 is 0 Å². The van der Waals surface area contributed by atoms with E-state index in [-0.39, 0.29) is 11.6 Å². The number of aromatic nitrogens is 1. The van der Waals surface area contributed by atoms with Gasteiger partial charge in [-0.15, -0.1) is 0 Å². The summed E-state index contributed by atoms with van der Waals surface area (Å²) in [6.07, 6.45) is 6.77. The van der Waals surface area contributed by atoms with Crippen LogP contribution >= 0.6 is 0 Å². The summed E-state index contributed by atoms with van der Waals surface area (Å²) in [5.74, 6) is 5.58. The van der Waals surface area contributed by atoms with E-state index in [0.29, 0.717) is 12.4 Å². The van der Waals surface area contributed by atoms with Gasteiger partial charge in [-0.3, -0.25) is 10.1 Å². The van der Waals surface area contributed by atoms with Gasteiger partial charge in [0.1, 0.15) is 5.82 Å². The summed E-state index contributed by atoms with van der Waals surface area (Å²) in [5.41, 5.74) is 2.20. The van der Waals surface area contributed by atoms with Gasteiger partial charge in [-0.25, -0.2) is 5.84 Å². The van der Waals surface area contributed by atoms with Gasteiger partial charge in [0.05, 0.1) is 11.5 Å². The number of nitro groups is 1. The van der Waals surface area contributed by atoms with Crippen molar-refractivity contribution in [2.75, 3.05) is 12.0 Å². The molecule has 0 amide bonds. The Labute approximate surface area is 118 Å². The Morgan fingerprint density at radius 2 is 2.00 bits per heavy atom. The van der Waals surface area contributed by atoms with Crippen molar-refractivity contribution in [3.8, 4) is 5.88 Å². The molecule has 1 aromatic rings. The summed E-state index contributed by atoms with van der Waals surface area (Å²) in [6, 6.07) is 2.77. The fourth-order valence-electron chi connectivity index (χ4n) is 1.81. The Morgan fingerprint density at radius 3 is 2.65 bits per heavy atom. The number of nitrogens with zero attached hydrogens (tertiary/aromatic N) is 2. The monoisotopic (exact) mass is 282 g/mol. The highest BCUT2D eigenvalue weighted by atomic mass is 16.6. The molecule has 0 aliphatic carbocycles. The molecule has 0 saturated carbocycles. The third-order valence-corrected chi connectivity index (χ3v) is 2.92. The Balaban J connectivity index is 2.43. The van der Waals surface area contributed by atoms with E-state index in [4.69, 9.17) is 10.6 Å². The topological polar surface area (TPSA) is 103 Å². The molecule has 20 heavy (non-hydrogen) atoms. The summed E-state index contributed by atoms with van der Waals surface area (Å²) >= 11 is 0. The lowest BCUT2D eigenvalue weighted by Gasteiger charge is -2.07. The van der Waals surface area contributed by atoms with Crippen LogP contribution in [-0.4, -0.2) is 16.5 Å². The smallest absolute Gasteiger partial charge is 0.331 e. The molecule has 0 aliphatic rings. The molecule has 1 heterocycles. The van der Waals surface area contributed by atoms with E-state index in [1.165, 1.54) is 31.4 Å². The number of ether oxygens (including phenoxy) is 1. The van der Waals surface area contributed by atoms with Gasteiger partial charge in [0, 0.05) is 6.07 Å². The normalized spacial score (nSPS) is 10.3. The van der Waals surface area contributed by atoms with Crippen molar-refractivity contribution in [2.45, 2.75) is 45.4 Å². The average molecular weight is 282 g/mol. The predicted octanol–water partition coefficient (Wildman–Crippen LogP) is 3.01. The molecular weight excluding hydrogens is 260 g/mol. The van der Waals surface area contributed by atoms with Crippen molar-refractivity contribution < 1.29 is 9.66 Å². The highest BCUT2D eigenvalue weighted by Crippen LogP contribution is 2.26. The molecule has 0 aliphatic heterocycles. The minimum absolute atomic E-state index is 0.0130. The van der Waals surface area contributed by atoms with Crippen molar-refractivity contribution >= 4 is 11.5 Å². The number of unbranched alkanes of at least 4 members (excludes halogenated alkanes) is 5. The number of nitrogens with two attached hydrogens (primary N) is 1. The van der Waals surface area contributed by atoms with Crippen molar-refractivity contribution in [1.29, 1.82) is 0 Å². The van der Waals surface area contributed by atoms with Gasteiger partial charge in [-0.05, 0) is 12.5 Å². The number of rotatable bonds is 10. The van der Waals surface area contributed by atoms with E-state index < -0.39 is 4.92 Å². The molecule has 0 aromatic carbocycles. The lowest BCUT2D eigenvalue weighted by molar-refractivity contribution is -0.386. The minimum Gasteiger partial charge on any atom is -0.473 e. The lowest BCUT2D eigenvalue weighted by Crippen LogP contribution is -2.10. The van der Waals surface area contributed by atoms with Crippen LogP contribution in [-0.2, 0) is 0 Å². The van der Waals surface area contributed by atoms with Crippen LogP contribution in [0.2, 0.25) is 0 Å². The first-order valence-corrected chi connectivity index (χ1v) is 6.94. The molecule has 0 radical (unpaired) electrons. The van der Waals surface area contributed by atoms with E-state index in [9.17, 15) is 10.1 Å². The molecule has 1 rings (SSSR count). The summed E-state index contributed by atoms with van der Waals surface area (Å²) in [7, 11) is 0. The Hall–Kier alpha value is -1.89. The number of hydrogen-bond acceptors (Lipinski definition) is 6. The Morgan fingerprint density at radius 1 is 1.30 bits per heavy atom. The molecule has 0 fully saturated rings. The highest BCUT2D eigenvalue weighted by Gasteiger charge is 2.17. The van der Waals surface area contributed by atoms with Crippen LogP contribution in [0.25, 0.3) is 0 Å². The molecule has 112 valence electrons. The van der Waals surface area contributed by atoms with E-state index in [0.717, 1.165) is 19.3 Å². The fourth-order valence-corrected chi connectivity index (χ4v) is 1.81. The van der Waals surface area contributed by atoms with Crippen molar-refractivity contribution in [2.24, 2.45) is 5.84 Å². The second kappa shape index (κ2) is 9.08. The van der Waals surface area contributed by atoms with Gasteiger partial charge in [0.15, 0.2) is 0 Å². The maximum absolute atomic E-state index is 10.9. The van der Waals surface area contributed by atoms with Crippen LogP contribution in [0.15, 0.2) is 12.1 Å². The van der Waals surface area contributed by atoms with Crippen molar-refractivity contribution in [3.05, 3.63) is 22.2 Å². The lowest BCUT2D eigenvalue weighted by atomic mass is 10.1. The molecule has 1 aromatic heterocycles. The molecular formula is C13H22N4O3. The van der Waals surface area contributed by atoms with Crippen LogP contribution in [0.3, 0.4) is 0 Å². The standard InChI is InChI=1S/C13H22N4O3/c1-2-3-4-5-6-7-10-20-13-11(17(18)19)8-9-12(15-13)16-14/h8-9H,2-7,10,14H2,1H3,(H,15,16). The molecule has 0 spiro atoms. The highest BCUT2D eigenvalue weighted by molar-refractivity contribution is 5.48. The number of anilines is 1. The van der Waals surface area contributed by atoms with Gasteiger partial charge in [0.2, 0.25) is 0 Å². The second-order valence-corrected chi connectivity index (χ2v) is 4.54. The number of nitrogens with one attached hydrogen (secondary N) is 1. The first-order valence-electron chi connectivity index (χ1n) is 6.94. The second-order valence-electron chi connectivity index (χ2n) is 4.54. The summed E-state index contributed by atoms with van der Waals surface area (Å²) in [6.45, 7) is 2.60. The number of pyridine rings is 1. The maximum Gasteiger partial charge on any atom is 0.331 e. The van der Waals surface area contributed by atoms with Gasteiger partial charge in [-0.2, -0.15) is 4.98 Å². The van der Waals surface area contributed by atoms with Crippen LogP contribution in [0, 0.1) is 10.1 Å². The average Bonchev–Trinajstić information content (AvgIpc) is 2.45. The van der Waals surface area contributed by atoms with Crippen LogP contribution in [0.1, 0.15) is 45.4 Å². The maximum atomic E-state index is 10.9. The summed E-state index contributed by atoms with van der Waals surface area (Å²) < 4.78 is 5.40. The molecule has 7 heteroatoms. The molecule has 0 bridgehead atoms. The van der Waals surface area contributed by atoms with Gasteiger partial charge in [-0.1, -0.05) is 39.0 Å². The van der Waals surface area contributed by atoms with Gasteiger partial charge < -0.3 is 10.2 Å². The van der Waals surface area contributed by atoms with E-state index in [1.54, 1.807) is 0 Å². The zero-order valence-corrected chi connectivity index (χ0v) is 11.8. The largest absolute Gasteiger partial charge is 0.473 e. The third-order valence-electron chi connectivity index (χ3n) is 2.92. The molecule has 0 atom stereocenters. The van der Waals surface area contributed by atoms with Crippen LogP contribution < -0.4 is 16.0 Å². The van der Waals surface area contributed by atoms with Gasteiger partial charge in [0.25, 0.3) is 5.88 Å². The fraction of sp³-hybridized carbons (Fsp3) is 0.615. The van der Waals surface area contributed by atoms with Crippen molar-refractivity contribution in [3.63, 3.8) is 0 Å². The van der Waals surface area contributed by atoms with Crippen LogP contribution in [0.5, 0.6) is 5.88 Å². The number of hydrazine groups is 1. The minimum atomic E-state index is -0.510. The van der Waals surface area contributed by atoms with Crippen molar-refractivity contribution in [1.82, 2.24) is 4.98 Å². The number of hydrogen-bond donors (Lipinski definition) is 2. The first-order chi connectivity index (χ1) is 9.69. The van der Waals surface area contributed by atoms with Crippen LogP contribution in [0.4, 0.5) is 11.5 Å². The first kappa shape index (κ1) is 16.2.